The van der Waals surface area contributed by atoms with Crippen LogP contribution < -0.4 is 4.74 Å². The Kier molecular flexibility index (Phi) is 5.83. The maximum absolute atomic E-state index is 12.5. The topological polar surface area (TPSA) is 47.4 Å². The summed E-state index contributed by atoms with van der Waals surface area (Å²) in [5.41, 5.74) is 6.37. The summed E-state index contributed by atoms with van der Waals surface area (Å²) >= 11 is 0. The van der Waals surface area contributed by atoms with E-state index >= 15 is 0 Å². The molecule has 1 aromatic heterocycles. The Morgan fingerprint density at radius 1 is 1.07 bits per heavy atom. The molecule has 0 bridgehead atoms. The van der Waals surface area contributed by atoms with Crippen molar-refractivity contribution >= 4 is 5.91 Å². The fourth-order valence-corrected chi connectivity index (χ4v) is 3.23. The van der Waals surface area contributed by atoms with E-state index in [1.54, 1.807) is 11.9 Å². The van der Waals surface area contributed by atoms with E-state index in [4.69, 9.17) is 9.84 Å². The number of aromatic nitrogens is 2. The van der Waals surface area contributed by atoms with Crippen LogP contribution in [0.2, 0.25) is 0 Å². The highest BCUT2D eigenvalue weighted by Gasteiger charge is 2.18. The summed E-state index contributed by atoms with van der Waals surface area (Å²) in [5.74, 6) is 0.644. The van der Waals surface area contributed by atoms with E-state index in [-0.39, 0.29) is 12.5 Å². The van der Waals surface area contributed by atoms with Crippen LogP contribution in [0.1, 0.15) is 28.1 Å². The fourth-order valence-electron chi connectivity index (χ4n) is 3.23. The van der Waals surface area contributed by atoms with Gasteiger partial charge in [0.1, 0.15) is 5.75 Å². The Balaban J connectivity index is 1.71. The number of amides is 1. The maximum Gasteiger partial charge on any atom is 0.260 e. The molecule has 28 heavy (non-hydrogen) atoms. The Labute approximate surface area is 166 Å². The molecule has 0 saturated carbocycles. The quantitative estimate of drug-likeness (QED) is 0.648. The molecule has 3 rings (SSSR count). The number of carbonyl (C=O) groups excluding carboxylic acids is 1. The minimum Gasteiger partial charge on any atom is -0.484 e. The van der Waals surface area contributed by atoms with E-state index in [1.165, 1.54) is 0 Å². The number of carbonyl (C=O) groups is 1. The SMILES string of the molecule is Cc1cccc(OCC(=O)N(C)Cc2c(C)nn(-c3ccccc3C)c2C)c1. The molecule has 0 radical (unpaired) electrons. The van der Waals surface area contributed by atoms with Crippen molar-refractivity contribution in [3.63, 3.8) is 0 Å². The average molecular weight is 377 g/mol. The number of rotatable bonds is 6. The molecule has 0 aliphatic heterocycles. The molecule has 0 unspecified atom stereocenters. The lowest BCUT2D eigenvalue weighted by Gasteiger charge is -2.18. The van der Waals surface area contributed by atoms with Crippen molar-refractivity contribution in [3.05, 3.63) is 76.6 Å². The van der Waals surface area contributed by atoms with Crippen molar-refractivity contribution in [3.8, 4) is 11.4 Å². The van der Waals surface area contributed by atoms with Crippen LogP contribution in [0.3, 0.4) is 0 Å². The van der Waals surface area contributed by atoms with Gasteiger partial charge in [-0.15, -0.1) is 0 Å². The Bertz CT molecular complexity index is 991. The fraction of sp³-hybridized carbons (Fsp3) is 0.304. The molecule has 5 nitrogen and oxygen atoms in total. The van der Waals surface area contributed by atoms with Crippen LogP contribution in [0.15, 0.2) is 48.5 Å². The van der Waals surface area contributed by atoms with Gasteiger partial charge in [-0.2, -0.15) is 5.10 Å². The summed E-state index contributed by atoms with van der Waals surface area (Å²) in [6, 6.07) is 15.9. The van der Waals surface area contributed by atoms with E-state index in [0.717, 1.165) is 33.8 Å². The molecule has 3 aromatic rings. The zero-order valence-corrected chi connectivity index (χ0v) is 17.2. The number of nitrogens with zero attached hydrogens (tertiary/aromatic N) is 3. The molecular weight excluding hydrogens is 350 g/mol. The van der Waals surface area contributed by atoms with Gasteiger partial charge in [0.15, 0.2) is 6.61 Å². The molecule has 1 heterocycles. The van der Waals surface area contributed by atoms with Crippen molar-refractivity contribution < 1.29 is 9.53 Å². The van der Waals surface area contributed by atoms with Crippen LogP contribution in [-0.2, 0) is 11.3 Å². The Hall–Kier alpha value is -3.08. The van der Waals surface area contributed by atoms with Gasteiger partial charge >= 0.3 is 0 Å². The number of hydrogen-bond donors (Lipinski definition) is 0. The van der Waals surface area contributed by atoms with Crippen LogP contribution in [0.5, 0.6) is 5.75 Å². The van der Waals surface area contributed by atoms with Crippen LogP contribution in [0.25, 0.3) is 5.69 Å². The number of aryl methyl sites for hydroxylation is 3. The minimum absolute atomic E-state index is 0.0178. The molecule has 0 atom stereocenters. The molecule has 146 valence electrons. The molecule has 0 aliphatic rings. The first-order chi connectivity index (χ1) is 13.4. The van der Waals surface area contributed by atoms with Crippen LogP contribution in [0, 0.1) is 27.7 Å². The summed E-state index contributed by atoms with van der Waals surface area (Å²) in [7, 11) is 1.80. The van der Waals surface area contributed by atoms with Crippen LogP contribution >= 0.6 is 0 Å². The normalized spacial score (nSPS) is 10.8. The van der Waals surface area contributed by atoms with E-state index in [9.17, 15) is 4.79 Å². The third-order valence-electron chi connectivity index (χ3n) is 4.96. The lowest BCUT2D eigenvalue weighted by atomic mass is 10.1. The second-order valence-electron chi connectivity index (χ2n) is 7.20. The largest absolute Gasteiger partial charge is 0.484 e. The summed E-state index contributed by atoms with van der Waals surface area (Å²) in [4.78, 5) is 14.2. The lowest BCUT2D eigenvalue weighted by molar-refractivity contribution is -0.132. The van der Waals surface area contributed by atoms with Crippen molar-refractivity contribution in [2.45, 2.75) is 34.2 Å². The van der Waals surface area contributed by atoms with Crippen molar-refractivity contribution in [1.82, 2.24) is 14.7 Å². The predicted molar refractivity (Wildman–Crippen MR) is 111 cm³/mol. The molecular formula is C23H27N3O2. The molecule has 5 heteroatoms. The molecule has 0 saturated heterocycles. The molecule has 0 N–H and O–H groups in total. The minimum atomic E-state index is -0.0658. The summed E-state index contributed by atoms with van der Waals surface area (Å²) in [5, 5.41) is 4.70. The zero-order valence-electron chi connectivity index (χ0n) is 17.2. The number of para-hydroxylation sites is 1. The van der Waals surface area contributed by atoms with E-state index < -0.39 is 0 Å². The van der Waals surface area contributed by atoms with E-state index in [2.05, 4.69) is 19.1 Å². The predicted octanol–water partition coefficient (Wildman–Crippen LogP) is 4.14. The Morgan fingerprint density at radius 2 is 1.82 bits per heavy atom. The second kappa shape index (κ2) is 8.30. The number of hydrogen-bond acceptors (Lipinski definition) is 3. The van der Waals surface area contributed by atoms with E-state index in [0.29, 0.717) is 12.3 Å². The van der Waals surface area contributed by atoms with Gasteiger partial charge in [-0.25, -0.2) is 4.68 Å². The van der Waals surface area contributed by atoms with Gasteiger partial charge in [-0.3, -0.25) is 4.79 Å². The number of likely N-dealkylation sites (N-methyl/N-ethyl adjacent to an activating group) is 1. The third-order valence-corrected chi connectivity index (χ3v) is 4.96. The Morgan fingerprint density at radius 3 is 2.54 bits per heavy atom. The molecule has 0 aliphatic carbocycles. The summed E-state index contributed by atoms with van der Waals surface area (Å²) in [6.07, 6.45) is 0. The first kappa shape index (κ1) is 19.7. The molecule has 2 aromatic carbocycles. The summed E-state index contributed by atoms with van der Waals surface area (Å²) in [6.45, 7) is 8.62. The van der Waals surface area contributed by atoms with Gasteiger partial charge in [0, 0.05) is 24.8 Å². The van der Waals surface area contributed by atoms with Crippen LogP contribution in [-0.4, -0.2) is 34.2 Å². The highest BCUT2D eigenvalue weighted by atomic mass is 16.5. The third kappa shape index (κ3) is 4.25. The smallest absolute Gasteiger partial charge is 0.260 e. The second-order valence-corrected chi connectivity index (χ2v) is 7.20. The molecule has 1 amide bonds. The van der Waals surface area contributed by atoms with Gasteiger partial charge in [0.2, 0.25) is 0 Å². The highest BCUT2D eigenvalue weighted by molar-refractivity contribution is 5.77. The van der Waals surface area contributed by atoms with E-state index in [1.807, 2.05) is 61.9 Å². The molecule has 0 fully saturated rings. The van der Waals surface area contributed by atoms with Gasteiger partial charge in [-0.05, 0) is 57.0 Å². The van der Waals surface area contributed by atoms with Crippen molar-refractivity contribution in [1.29, 1.82) is 0 Å². The van der Waals surface area contributed by atoms with Crippen LogP contribution in [0.4, 0.5) is 0 Å². The lowest BCUT2D eigenvalue weighted by Crippen LogP contribution is -2.31. The highest BCUT2D eigenvalue weighted by Crippen LogP contribution is 2.21. The summed E-state index contributed by atoms with van der Waals surface area (Å²) < 4.78 is 7.61. The van der Waals surface area contributed by atoms with Gasteiger partial charge in [-0.1, -0.05) is 30.3 Å². The van der Waals surface area contributed by atoms with Crippen molar-refractivity contribution in [2.75, 3.05) is 13.7 Å². The maximum atomic E-state index is 12.5. The first-order valence-electron chi connectivity index (χ1n) is 9.41. The number of benzene rings is 2. The molecule has 0 spiro atoms. The van der Waals surface area contributed by atoms with Gasteiger partial charge in [0.05, 0.1) is 11.4 Å². The van der Waals surface area contributed by atoms with Gasteiger partial charge < -0.3 is 9.64 Å². The first-order valence-corrected chi connectivity index (χ1v) is 9.41. The monoisotopic (exact) mass is 377 g/mol. The zero-order chi connectivity index (χ0) is 20.3. The van der Waals surface area contributed by atoms with Gasteiger partial charge in [0.25, 0.3) is 5.91 Å². The number of ether oxygens (including phenoxy) is 1. The van der Waals surface area contributed by atoms with Crippen molar-refractivity contribution in [2.24, 2.45) is 0 Å². The standard InChI is InChI=1S/C23H27N3O2/c1-16-9-8-11-20(13-16)28-15-23(27)25(5)14-21-18(3)24-26(19(21)4)22-12-7-6-10-17(22)2/h6-13H,14-15H2,1-5H3. The average Bonchev–Trinajstić information content (AvgIpc) is 2.94.